The van der Waals surface area contributed by atoms with Crippen LogP contribution in [0.4, 0.5) is 0 Å². The summed E-state index contributed by atoms with van der Waals surface area (Å²) in [7, 11) is 4.50. The van der Waals surface area contributed by atoms with E-state index in [0.29, 0.717) is 28.4 Å². The summed E-state index contributed by atoms with van der Waals surface area (Å²) >= 11 is 6.34. The zero-order valence-corrected chi connectivity index (χ0v) is 13.8. The van der Waals surface area contributed by atoms with E-state index in [1.54, 1.807) is 12.1 Å². The highest BCUT2D eigenvalue weighted by atomic mass is 35.5. The topological polar surface area (TPSA) is 51.5 Å². The van der Waals surface area contributed by atoms with E-state index in [1.165, 1.54) is 21.3 Å². The van der Waals surface area contributed by atoms with E-state index in [4.69, 9.17) is 25.8 Å². The molecule has 23 heavy (non-hydrogen) atoms. The van der Waals surface area contributed by atoms with Gasteiger partial charge in [0, 0.05) is 5.56 Å². The van der Waals surface area contributed by atoms with Gasteiger partial charge >= 0.3 is 0 Å². The molecule has 0 aliphatic heterocycles. The Kier molecular flexibility index (Phi) is 5.51. The molecule has 0 radical (unpaired) electrons. The molecular weight excluding hydrogens is 314 g/mol. The van der Waals surface area contributed by atoms with Crippen LogP contribution in [0.5, 0.6) is 17.2 Å². The fourth-order valence-corrected chi connectivity index (χ4v) is 2.57. The summed E-state index contributed by atoms with van der Waals surface area (Å²) in [5.41, 5.74) is 1.86. The van der Waals surface area contributed by atoms with Gasteiger partial charge in [-0.05, 0) is 17.7 Å². The Hall–Kier alpha value is -2.64. The van der Waals surface area contributed by atoms with Gasteiger partial charge in [0.2, 0.25) is 0 Å². The van der Waals surface area contributed by atoms with Crippen molar-refractivity contribution >= 4 is 23.3 Å². The molecule has 0 amide bonds. The highest BCUT2D eigenvalue weighted by Gasteiger charge is 2.21. The fraction of sp³-hybridized carbons (Fsp3) is 0.167. The highest BCUT2D eigenvalue weighted by Crippen LogP contribution is 2.46. The minimum Gasteiger partial charge on any atom is -0.494 e. The maximum Gasteiger partial charge on any atom is 0.183 e. The molecule has 118 valence electrons. The predicted octanol–water partition coefficient (Wildman–Crippen LogP) is 4.43. The normalized spacial score (nSPS) is 10.8. The van der Waals surface area contributed by atoms with Crippen molar-refractivity contribution < 1.29 is 14.2 Å². The van der Waals surface area contributed by atoms with Crippen LogP contribution in [0.25, 0.3) is 11.6 Å². The average molecular weight is 330 g/mol. The number of halogens is 1. The number of nitrogens with zero attached hydrogens (tertiary/aromatic N) is 1. The fourth-order valence-electron chi connectivity index (χ4n) is 2.22. The van der Waals surface area contributed by atoms with Crippen molar-refractivity contribution in [3.05, 3.63) is 52.5 Å². The molecule has 2 rings (SSSR count). The minimum absolute atomic E-state index is 0.263. The smallest absolute Gasteiger partial charge is 0.183 e. The molecule has 0 saturated heterocycles. The number of hydrogen-bond donors (Lipinski definition) is 0. The maximum absolute atomic E-state index is 9.55. The molecule has 0 fully saturated rings. The number of hydrogen-bond acceptors (Lipinski definition) is 4. The molecule has 0 heterocycles. The Morgan fingerprint density at radius 1 is 1.04 bits per heavy atom. The van der Waals surface area contributed by atoms with E-state index >= 15 is 0 Å². The average Bonchev–Trinajstić information content (AvgIpc) is 2.59. The summed E-state index contributed by atoms with van der Waals surface area (Å²) in [5.74, 6) is 1.17. The Balaban J connectivity index is 2.68. The Labute approximate surface area is 140 Å². The largest absolute Gasteiger partial charge is 0.494 e. The Morgan fingerprint density at radius 2 is 1.70 bits per heavy atom. The second-order valence-electron chi connectivity index (χ2n) is 4.59. The third-order valence-corrected chi connectivity index (χ3v) is 3.64. The molecule has 2 aromatic carbocycles. The van der Waals surface area contributed by atoms with E-state index in [2.05, 4.69) is 6.07 Å². The van der Waals surface area contributed by atoms with Gasteiger partial charge in [0.25, 0.3) is 0 Å². The van der Waals surface area contributed by atoms with Crippen LogP contribution in [0.15, 0.2) is 36.4 Å². The zero-order valence-electron chi connectivity index (χ0n) is 13.1. The monoisotopic (exact) mass is 329 g/mol. The molecule has 0 aliphatic carbocycles. The van der Waals surface area contributed by atoms with Crippen LogP contribution < -0.4 is 14.2 Å². The first kappa shape index (κ1) is 16.7. The molecule has 4 nitrogen and oxygen atoms in total. The van der Waals surface area contributed by atoms with Crippen molar-refractivity contribution in [2.24, 2.45) is 0 Å². The van der Waals surface area contributed by atoms with E-state index in [0.717, 1.165) is 5.56 Å². The lowest BCUT2D eigenvalue weighted by molar-refractivity contribution is 0.349. The lowest BCUT2D eigenvalue weighted by Crippen LogP contribution is -1.98. The van der Waals surface area contributed by atoms with Gasteiger partial charge in [-0.1, -0.05) is 41.9 Å². The predicted molar refractivity (Wildman–Crippen MR) is 91.0 cm³/mol. The number of ether oxygens (including phenoxy) is 3. The van der Waals surface area contributed by atoms with E-state index in [1.807, 2.05) is 30.3 Å². The van der Waals surface area contributed by atoms with Crippen LogP contribution in [-0.2, 0) is 0 Å². The molecule has 0 N–H and O–H groups in total. The summed E-state index contributed by atoms with van der Waals surface area (Å²) in [6.45, 7) is 0. The number of allylic oxidation sites excluding steroid dienone is 1. The summed E-state index contributed by atoms with van der Waals surface area (Å²) in [6, 6.07) is 13.4. The second-order valence-corrected chi connectivity index (χ2v) is 4.97. The number of methoxy groups -OCH3 is 3. The Bertz CT molecular complexity index is 764. The van der Waals surface area contributed by atoms with Crippen LogP contribution in [0.3, 0.4) is 0 Å². The van der Waals surface area contributed by atoms with Crippen LogP contribution >= 0.6 is 11.6 Å². The summed E-state index contributed by atoms with van der Waals surface area (Å²) < 4.78 is 15.9. The van der Waals surface area contributed by atoms with E-state index in [9.17, 15) is 5.26 Å². The molecule has 0 aromatic heterocycles. The van der Waals surface area contributed by atoms with Gasteiger partial charge in [0.05, 0.1) is 33.0 Å². The van der Waals surface area contributed by atoms with Crippen molar-refractivity contribution in [2.75, 3.05) is 21.3 Å². The SMILES string of the molecule is COc1cc(C(C#N)=Cc2ccccc2)c(OC)c(Cl)c1OC. The molecular formula is C18H16ClNO3. The molecule has 0 unspecified atom stereocenters. The Morgan fingerprint density at radius 3 is 2.22 bits per heavy atom. The van der Waals surface area contributed by atoms with Crippen molar-refractivity contribution in [3.8, 4) is 23.3 Å². The van der Waals surface area contributed by atoms with Crippen molar-refractivity contribution in [3.63, 3.8) is 0 Å². The van der Waals surface area contributed by atoms with Gasteiger partial charge in [-0.3, -0.25) is 0 Å². The van der Waals surface area contributed by atoms with Crippen molar-refractivity contribution in [1.29, 1.82) is 5.26 Å². The van der Waals surface area contributed by atoms with E-state index < -0.39 is 0 Å². The van der Waals surface area contributed by atoms with Gasteiger partial charge < -0.3 is 14.2 Å². The van der Waals surface area contributed by atoms with Crippen LogP contribution in [-0.4, -0.2) is 21.3 Å². The number of benzene rings is 2. The first-order chi connectivity index (χ1) is 11.2. The van der Waals surface area contributed by atoms with Crippen LogP contribution in [0, 0.1) is 11.3 Å². The summed E-state index contributed by atoms with van der Waals surface area (Å²) in [6.07, 6.45) is 1.76. The number of rotatable bonds is 5. The molecule has 0 spiro atoms. The number of nitriles is 1. The molecule has 5 heteroatoms. The molecule has 0 saturated carbocycles. The van der Waals surface area contributed by atoms with Gasteiger partial charge in [0.1, 0.15) is 10.8 Å². The molecule has 0 aliphatic rings. The first-order valence-electron chi connectivity index (χ1n) is 6.82. The maximum atomic E-state index is 9.55. The third-order valence-electron chi connectivity index (χ3n) is 3.29. The quantitative estimate of drug-likeness (QED) is 0.601. The summed E-state index contributed by atoms with van der Waals surface area (Å²) in [5, 5.41) is 9.82. The van der Waals surface area contributed by atoms with Crippen molar-refractivity contribution in [1.82, 2.24) is 0 Å². The third kappa shape index (κ3) is 3.41. The molecule has 0 bridgehead atoms. The highest BCUT2D eigenvalue weighted by molar-refractivity contribution is 6.34. The lowest BCUT2D eigenvalue weighted by Gasteiger charge is -2.16. The van der Waals surface area contributed by atoms with Gasteiger partial charge in [0.15, 0.2) is 11.5 Å². The van der Waals surface area contributed by atoms with E-state index in [-0.39, 0.29) is 5.02 Å². The second kappa shape index (κ2) is 7.57. The van der Waals surface area contributed by atoms with Crippen LogP contribution in [0.2, 0.25) is 5.02 Å². The van der Waals surface area contributed by atoms with Gasteiger partial charge in [-0.15, -0.1) is 0 Å². The van der Waals surface area contributed by atoms with Gasteiger partial charge in [-0.25, -0.2) is 0 Å². The molecule has 0 atom stereocenters. The standard InChI is InChI=1S/C18H16ClNO3/c1-21-15-10-14(17(22-2)16(19)18(15)23-3)13(11-20)9-12-7-5-4-6-8-12/h4-10H,1-3H3. The van der Waals surface area contributed by atoms with Crippen molar-refractivity contribution in [2.45, 2.75) is 0 Å². The van der Waals surface area contributed by atoms with Gasteiger partial charge in [-0.2, -0.15) is 5.26 Å². The lowest BCUT2D eigenvalue weighted by atomic mass is 10.0. The first-order valence-corrected chi connectivity index (χ1v) is 7.19. The zero-order chi connectivity index (χ0) is 16.8. The minimum atomic E-state index is 0.263. The summed E-state index contributed by atoms with van der Waals surface area (Å²) in [4.78, 5) is 0. The molecule has 2 aromatic rings. The van der Waals surface area contributed by atoms with Crippen LogP contribution in [0.1, 0.15) is 11.1 Å².